The lowest BCUT2D eigenvalue weighted by molar-refractivity contribution is 0.00672. The van der Waals surface area contributed by atoms with Gasteiger partial charge in [-0.3, -0.25) is 0 Å². The van der Waals surface area contributed by atoms with Crippen LogP contribution in [-0.4, -0.2) is 10.7 Å². The fraction of sp³-hybridized carbons (Fsp3) is 0.571. The first-order valence-corrected chi connectivity index (χ1v) is 6.77. The van der Waals surface area contributed by atoms with Crippen LogP contribution >= 0.6 is 15.9 Å². The summed E-state index contributed by atoms with van der Waals surface area (Å²) in [5, 5.41) is 10.5. The SMILES string of the molecule is CC(C)CC1(O)CCc2cc(Br)ccc2C1. The minimum atomic E-state index is -0.477. The van der Waals surface area contributed by atoms with Gasteiger partial charge in [-0.2, -0.15) is 0 Å². The molecule has 0 aromatic heterocycles. The van der Waals surface area contributed by atoms with Crippen molar-refractivity contribution in [3.05, 3.63) is 33.8 Å². The molecule has 1 N–H and O–H groups in total. The van der Waals surface area contributed by atoms with Crippen molar-refractivity contribution in [2.45, 2.75) is 45.1 Å². The molecule has 0 saturated heterocycles. The Balaban J connectivity index is 2.20. The summed E-state index contributed by atoms with van der Waals surface area (Å²) in [6, 6.07) is 6.40. The van der Waals surface area contributed by atoms with Crippen LogP contribution in [0.3, 0.4) is 0 Å². The molecule has 0 saturated carbocycles. The summed E-state index contributed by atoms with van der Waals surface area (Å²) in [7, 11) is 0. The first kappa shape index (κ1) is 12.1. The molecule has 2 rings (SSSR count). The number of rotatable bonds is 2. The Morgan fingerprint density at radius 1 is 1.38 bits per heavy atom. The Kier molecular flexibility index (Phi) is 3.41. The van der Waals surface area contributed by atoms with Gasteiger partial charge in [0, 0.05) is 10.9 Å². The predicted molar refractivity (Wildman–Crippen MR) is 70.6 cm³/mol. The van der Waals surface area contributed by atoms with E-state index in [1.807, 2.05) is 0 Å². The van der Waals surface area contributed by atoms with Crippen LogP contribution in [0.5, 0.6) is 0 Å². The van der Waals surface area contributed by atoms with Gasteiger partial charge in [-0.25, -0.2) is 0 Å². The van der Waals surface area contributed by atoms with Crippen LogP contribution in [0.25, 0.3) is 0 Å². The Hall–Kier alpha value is -0.340. The lowest BCUT2D eigenvalue weighted by Gasteiger charge is -2.35. The lowest BCUT2D eigenvalue weighted by Crippen LogP contribution is -2.37. The van der Waals surface area contributed by atoms with E-state index in [2.05, 4.69) is 48.0 Å². The van der Waals surface area contributed by atoms with Crippen LogP contribution < -0.4 is 0 Å². The Labute approximate surface area is 106 Å². The molecule has 1 aliphatic carbocycles. The van der Waals surface area contributed by atoms with Crippen LogP contribution in [0.1, 0.15) is 37.8 Å². The number of fused-ring (bicyclic) bond motifs is 1. The van der Waals surface area contributed by atoms with Crippen LogP contribution in [0, 0.1) is 5.92 Å². The van der Waals surface area contributed by atoms with Gasteiger partial charge in [-0.15, -0.1) is 0 Å². The lowest BCUT2D eigenvalue weighted by atomic mass is 9.76. The Bertz CT molecular complexity index is 386. The topological polar surface area (TPSA) is 20.2 Å². The zero-order chi connectivity index (χ0) is 11.8. The van der Waals surface area contributed by atoms with Crippen molar-refractivity contribution < 1.29 is 5.11 Å². The molecule has 1 atom stereocenters. The molecule has 0 amide bonds. The van der Waals surface area contributed by atoms with Gasteiger partial charge in [0.1, 0.15) is 0 Å². The maximum absolute atomic E-state index is 10.5. The molecule has 1 aromatic rings. The molecule has 88 valence electrons. The second kappa shape index (κ2) is 4.50. The standard InChI is InChI=1S/C14H19BrO/c1-10(2)8-14(16)6-5-11-7-13(15)4-3-12(11)9-14/h3-4,7,10,16H,5-6,8-9H2,1-2H3. The molecule has 1 nitrogen and oxygen atoms in total. The number of hydrogen-bond donors (Lipinski definition) is 1. The van der Waals surface area contributed by atoms with Crippen molar-refractivity contribution >= 4 is 15.9 Å². The van der Waals surface area contributed by atoms with E-state index in [0.29, 0.717) is 5.92 Å². The molecule has 2 heteroatoms. The summed E-state index contributed by atoms with van der Waals surface area (Å²) in [6.45, 7) is 4.35. The molecule has 1 aromatic carbocycles. The molecule has 0 spiro atoms. The third kappa shape index (κ3) is 2.67. The van der Waals surface area contributed by atoms with Crippen molar-refractivity contribution in [3.8, 4) is 0 Å². The van der Waals surface area contributed by atoms with Crippen molar-refractivity contribution in [3.63, 3.8) is 0 Å². The van der Waals surface area contributed by atoms with Gasteiger partial charge in [0.2, 0.25) is 0 Å². The maximum atomic E-state index is 10.5. The number of halogens is 1. The van der Waals surface area contributed by atoms with E-state index >= 15 is 0 Å². The van der Waals surface area contributed by atoms with Crippen LogP contribution in [-0.2, 0) is 12.8 Å². The minimum absolute atomic E-state index is 0.477. The van der Waals surface area contributed by atoms with E-state index in [4.69, 9.17) is 0 Å². The van der Waals surface area contributed by atoms with E-state index < -0.39 is 5.60 Å². The summed E-state index contributed by atoms with van der Waals surface area (Å²) < 4.78 is 1.14. The third-order valence-corrected chi connectivity index (χ3v) is 3.83. The van der Waals surface area contributed by atoms with Gasteiger partial charge in [-0.05, 0) is 48.4 Å². The van der Waals surface area contributed by atoms with E-state index in [9.17, 15) is 5.11 Å². The molecular weight excluding hydrogens is 264 g/mol. The molecule has 0 heterocycles. The summed E-state index contributed by atoms with van der Waals surface area (Å²) in [4.78, 5) is 0. The summed E-state index contributed by atoms with van der Waals surface area (Å²) >= 11 is 3.50. The van der Waals surface area contributed by atoms with Crippen molar-refractivity contribution in [2.75, 3.05) is 0 Å². The van der Waals surface area contributed by atoms with E-state index in [-0.39, 0.29) is 0 Å². The summed E-state index contributed by atoms with van der Waals surface area (Å²) in [5.74, 6) is 0.557. The molecule has 0 radical (unpaired) electrons. The van der Waals surface area contributed by atoms with Crippen molar-refractivity contribution in [1.82, 2.24) is 0 Å². The maximum Gasteiger partial charge on any atom is 0.0693 e. The van der Waals surface area contributed by atoms with E-state index in [1.165, 1.54) is 11.1 Å². The van der Waals surface area contributed by atoms with E-state index in [1.54, 1.807) is 0 Å². The molecule has 16 heavy (non-hydrogen) atoms. The average molecular weight is 283 g/mol. The molecular formula is C14H19BrO. The zero-order valence-corrected chi connectivity index (χ0v) is 11.5. The van der Waals surface area contributed by atoms with E-state index in [0.717, 1.165) is 30.2 Å². The van der Waals surface area contributed by atoms with Crippen LogP contribution in [0.15, 0.2) is 22.7 Å². The first-order chi connectivity index (χ1) is 7.48. The Morgan fingerprint density at radius 2 is 2.12 bits per heavy atom. The minimum Gasteiger partial charge on any atom is -0.390 e. The highest BCUT2D eigenvalue weighted by atomic mass is 79.9. The van der Waals surface area contributed by atoms with Crippen molar-refractivity contribution in [2.24, 2.45) is 5.92 Å². The third-order valence-electron chi connectivity index (χ3n) is 3.34. The van der Waals surface area contributed by atoms with Gasteiger partial charge >= 0.3 is 0 Å². The largest absolute Gasteiger partial charge is 0.390 e. The number of hydrogen-bond acceptors (Lipinski definition) is 1. The predicted octanol–water partition coefficient (Wildman–Crippen LogP) is 3.72. The number of aryl methyl sites for hydroxylation is 1. The first-order valence-electron chi connectivity index (χ1n) is 5.98. The molecule has 1 unspecified atom stereocenters. The number of benzene rings is 1. The number of aliphatic hydroxyl groups is 1. The smallest absolute Gasteiger partial charge is 0.0693 e. The molecule has 1 aliphatic rings. The quantitative estimate of drug-likeness (QED) is 0.877. The molecule has 0 aliphatic heterocycles. The van der Waals surface area contributed by atoms with Gasteiger partial charge in [-0.1, -0.05) is 35.8 Å². The average Bonchev–Trinajstić information content (AvgIpc) is 2.17. The fourth-order valence-electron chi connectivity index (χ4n) is 2.74. The van der Waals surface area contributed by atoms with Gasteiger partial charge in [0.25, 0.3) is 0 Å². The Morgan fingerprint density at radius 3 is 2.81 bits per heavy atom. The highest BCUT2D eigenvalue weighted by molar-refractivity contribution is 9.10. The normalized spacial score (nSPS) is 24.6. The second-order valence-corrected chi connectivity index (χ2v) is 6.33. The molecule has 0 bridgehead atoms. The van der Waals surface area contributed by atoms with Crippen molar-refractivity contribution in [1.29, 1.82) is 0 Å². The monoisotopic (exact) mass is 282 g/mol. The second-order valence-electron chi connectivity index (χ2n) is 5.41. The van der Waals surface area contributed by atoms with Crippen LogP contribution in [0.2, 0.25) is 0 Å². The van der Waals surface area contributed by atoms with Gasteiger partial charge < -0.3 is 5.11 Å². The van der Waals surface area contributed by atoms with Gasteiger partial charge in [0.05, 0.1) is 5.60 Å². The highest BCUT2D eigenvalue weighted by Crippen LogP contribution is 2.34. The van der Waals surface area contributed by atoms with Crippen LogP contribution in [0.4, 0.5) is 0 Å². The summed E-state index contributed by atoms with van der Waals surface area (Å²) in [6.07, 6.45) is 3.61. The zero-order valence-electron chi connectivity index (χ0n) is 9.96. The van der Waals surface area contributed by atoms with Gasteiger partial charge in [0.15, 0.2) is 0 Å². The highest BCUT2D eigenvalue weighted by Gasteiger charge is 2.32. The molecule has 0 fully saturated rings. The summed E-state index contributed by atoms with van der Waals surface area (Å²) in [5.41, 5.74) is 2.23. The fourth-order valence-corrected chi connectivity index (χ4v) is 3.15.